The van der Waals surface area contributed by atoms with Gasteiger partial charge in [0.2, 0.25) is 0 Å². The van der Waals surface area contributed by atoms with Crippen LogP contribution in [0.1, 0.15) is 35.2 Å². The summed E-state index contributed by atoms with van der Waals surface area (Å²) in [6, 6.07) is 19.0. The zero-order valence-electron chi connectivity index (χ0n) is 12.1. The molecule has 0 fully saturated rings. The lowest BCUT2D eigenvalue weighted by atomic mass is 10.0. The number of nitrogens with one attached hydrogen (secondary N) is 1. The monoisotopic (exact) mass is 282 g/mol. The molecule has 0 aliphatic heterocycles. The van der Waals surface area contributed by atoms with Crippen molar-refractivity contribution in [2.45, 2.75) is 31.0 Å². The van der Waals surface area contributed by atoms with E-state index in [1.54, 1.807) is 0 Å². The number of aliphatic hydroxyl groups excluding tert-OH is 1. The third kappa shape index (κ3) is 3.16. The molecule has 3 heteroatoms. The van der Waals surface area contributed by atoms with Crippen LogP contribution in [0.4, 0.5) is 0 Å². The second kappa shape index (κ2) is 6.39. The molecule has 0 saturated carbocycles. The van der Waals surface area contributed by atoms with Gasteiger partial charge in [0.1, 0.15) is 0 Å². The van der Waals surface area contributed by atoms with E-state index in [1.807, 2.05) is 24.3 Å². The Bertz CT molecular complexity index is 585. The Kier molecular flexibility index (Phi) is 4.34. The van der Waals surface area contributed by atoms with Crippen LogP contribution in [-0.4, -0.2) is 17.8 Å². The summed E-state index contributed by atoms with van der Waals surface area (Å²) in [5, 5.41) is 13.2. The minimum Gasteiger partial charge on any atom is -0.395 e. The van der Waals surface area contributed by atoms with Gasteiger partial charge in [-0.05, 0) is 29.5 Å². The molecule has 4 N–H and O–H groups in total. The largest absolute Gasteiger partial charge is 0.395 e. The second-order valence-electron chi connectivity index (χ2n) is 5.76. The standard InChI is InChI=1S/C18H22N2O/c19-17-11-18(16-9-5-4-8-15(16)17)20-14(12-21)10-13-6-2-1-3-7-13/h1-9,14,17-18,20-21H,10-12,19H2/t14-,17?,18?/m0/s1. The Morgan fingerprint density at radius 3 is 2.43 bits per heavy atom. The summed E-state index contributed by atoms with van der Waals surface area (Å²) >= 11 is 0. The zero-order valence-corrected chi connectivity index (χ0v) is 12.1. The fourth-order valence-corrected chi connectivity index (χ4v) is 3.19. The van der Waals surface area contributed by atoms with E-state index in [-0.39, 0.29) is 24.7 Å². The van der Waals surface area contributed by atoms with E-state index in [1.165, 1.54) is 16.7 Å². The molecule has 3 nitrogen and oxygen atoms in total. The summed E-state index contributed by atoms with van der Waals surface area (Å²) < 4.78 is 0. The lowest BCUT2D eigenvalue weighted by Gasteiger charge is -2.22. The third-order valence-corrected chi connectivity index (χ3v) is 4.24. The topological polar surface area (TPSA) is 58.3 Å². The molecule has 2 aromatic rings. The van der Waals surface area contributed by atoms with E-state index in [2.05, 4.69) is 35.6 Å². The Hall–Kier alpha value is -1.68. The van der Waals surface area contributed by atoms with Crippen molar-refractivity contribution in [2.75, 3.05) is 6.61 Å². The molecule has 0 bridgehead atoms. The van der Waals surface area contributed by atoms with E-state index >= 15 is 0 Å². The zero-order chi connectivity index (χ0) is 14.7. The fourth-order valence-electron chi connectivity index (χ4n) is 3.19. The first-order valence-electron chi connectivity index (χ1n) is 7.53. The number of benzene rings is 2. The highest BCUT2D eigenvalue weighted by atomic mass is 16.3. The van der Waals surface area contributed by atoms with Crippen LogP contribution in [0.25, 0.3) is 0 Å². The molecule has 1 aliphatic carbocycles. The van der Waals surface area contributed by atoms with Crippen molar-refractivity contribution in [1.82, 2.24) is 5.32 Å². The Labute approximate surface area is 125 Å². The highest BCUT2D eigenvalue weighted by molar-refractivity contribution is 5.37. The van der Waals surface area contributed by atoms with Crippen LogP contribution in [0.15, 0.2) is 54.6 Å². The van der Waals surface area contributed by atoms with E-state index in [4.69, 9.17) is 5.73 Å². The number of hydrogen-bond acceptors (Lipinski definition) is 3. The van der Waals surface area contributed by atoms with Crippen molar-refractivity contribution in [3.63, 3.8) is 0 Å². The quantitative estimate of drug-likeness (QED) is 0.789. The van der Waals surface area contributed by atoms with Gasteiger partial charge in [-0.3, -0.25) is 0 Å². The van der Waals surface area contributed by atoms with Crippen LogP contribution in [0, 0.1) is 0 Å². The van der Waals surface area contributed by atoms with Gasteiger partial charge in [-0.15, -0.1) is 0 Å². The summed E-state index contributed by atoms with van der Waals surface area (Å²) in [6.07, 6.45) is 1.72. The first-order chi connectivity index (χ1) is 10.3. The fraction of sp³-hybridized carbons (Fsp3) is 0.333. The maximum absolute atomic E-state index is 9.67. The lowest BCUT2D eigenvalue weighted by Crippen LogP contribution is -2.36. The van der Waals surface area contributed by atoms with Gasteiger partial charge in [0.25, 0.3) is 0 Å². The van der Waals surface area contributed by atoms with E-state index in [9.17, 15) is 5.11 Å². The first kappa shape index (κ1) is 14.3. The average molecular weight is 282 g/mol. The van der Waals surface area contributed by atoms with Gasteiger partial charge < -0.3 is 16.2 Å². The predicted molar refractivity (Wildman–Crippen MR) is 84.9 cm³/mol. The average Bonchev–Trinajstić information content (AvgIpc) is 2.84. The maximum atomic E-state index is 9.67. The van der Waals surface area contributed by atoms with Crippen LogP contribution in [0.3, 0.4) is 0 Å². The molecular formula is C18H22N2O. The number of hydrogen-bond donors (Lipinski definition) is 3. The number of nitrogens with two attached hydrogens (primary N) is 1. The molecule has 2 aromatic carbocycles. The summed E-state index contributed by atoms with van der Waals surface area (Å²) in [5.41, 5.74) is 9.94. The molecular weight excluding hydrogens is 260 g/mol. The lowest BCUT2D eigenvalue weighted by molar-refractivity contribution is 0.229. The Balaban J connectivity index is 1.71. The molecule has 0 saturated heterocycles. The van der Waals surface area contributed by atoms with Crippen molar-refractivity contribution >= 4 is 0 Å². The van der Waals surface area contributed by atoms with Crippen molar-refractivity contribution in [1.29, 1.82) is 0 Å². The molecule has 0 radical (unpaired) electrons. The minimum absolute atomic E-state index is 0.0516. The van der Waals surface area contributed by atoms with Gasteiger partial charge in [0, 0.05) is 18.1 Å². The molecule has 110 valence electrons. The molecule has 0 aromatic heterocycles. The van der Waals surface area contributed by atoms with Crippen molar-refractivity contribution in [3.05, 3.63) is 71.3 Å². The van der Waals surface area contributed by atoms with Crippen molar-refractivity contribution < 1.29 is 5.11 Å². The number of aliphatic hydroxyl groups is 1. The Morgan fingerprint density at radius 1 is 1.05 bits per heavy atom. The van der Waals surface area contributed by atoms with Gasteiger partial charge in [0.05, 0.1) is 6.61 Å². The molecule has 0 heterocycles. The molecule has 2 unspecified atom stereocenters. The highest BCUT2D eigenvalue weighted by Crippen LogP contribution is 2.37. The highest BCUT2D eigenvalue weighted by Gasteiger charge is 2.29. The van der Waals surface area contributed by atoms with E-state index in [0.717, 1.165) is 12.8 Å². The summed E-state index contributed by atoms with van der Waals surface area (Å²) in [5.74, 6) is 0. The molecule has 1 aliphatic rings. The molecule has 0 amide bonds. The minimum atomic E-state index is 0.0516. The maximum Gasteiger partial charge on any atom is 0.0588 e. The number of rotatable bonds is 5. The van der Waals surface area contributed by atoms with E-state index < -0.39 is 0 Å². The summed E-state index contributed by atoms with van der Waals surface area (Å²) in [4.78, 5) is 0. The summed E-state index contributed by atoms with van der Waals surface area (Å²) in [6.45, 7) is 0.128. The number of fused-ring (bicyclic) bond motifs is 1. The summed E-state index contributed by atoms with van der Waals surface area (Å²) in [7, 11) is 0. The first-order valence-corrected chi connectivity index (χ1v) is 7.53. The molecule has 21 heavy (non-hydrogen) atoms. The van der Waals surface area contributed by atoms with Gasteiger partial charge in [-0.1, -0.05) is 54.6 Å². The van der Waals surface area contributed by atoms with Gasteiger partial charge in [-0.2, -0.15) is 0 Å². The predicted octanol–water partition coefficient (Wildman–Crippen LogP) is 2.32. The third-order valence-electron chi connectivity index (χ3n) is 4.24. The van der Waals surface area contributed by atoms with Gasteiger partial charge in [0.15, 0.2) is 0 Å². The van der Waals surface area contributed by atoms with Crippen LogP contribution in [-0.2, 0) is 6.42 Å². The SMILES string of the molecule is NC1CC(N[C@H](CO)Cc2ccccc2)c2ccccc21. The smallest absolute Gasteiger partial charge is 0.0588 e. The van der Waals surface area contributed by atoms with Crippen LogP contribution in [0.2, 0.25) is 0 Å². The van der Waals surface area contributed by atoms with Crippen LogP contribution < -0.4 is 11.1 Å². The molecule has 3 atom stereocenters. The van der Waals surface area contributed by atoms with Crippen molar-refractivity contribution in [3.8, 4) is 0 Å². The van der Waals surface area contributed by atoms with E-state index in [0.29, 0.717) is 0 Å². The van der Waals surface area contributed by atoms with Crippen LogP contribution >= 0.6 is 0 Å². The molecule has 0 spiro atoms. The van der Waals surface area contributed by atoms with Crippen molar-refractivity contribution in [2.24, 2.45) is 5.73 Å². The Morgan fingerprint density at radius 2 is 1.71 bits per heavy atom. The van der Waals surface area contributed by atoms with Gasteiger partial charge >= 0.3 is 0 Å². The normalized spacial score (nSPS) is 22.0. The van der Waals surface area contributed by atoms with Gasteiger partial charge in [-0.25, -0.2) is 0 Å². The molecule has 3 rings (SSSR count). The van der Waals surface area contributed by atoms with Crippen LogP contribution in [0.5, 0.6) is 0 Å². The second-order valence-corrected chi connectivity index (χ2v) is 5.76.